The highest BCUT2D eigenvalue weighted by molar-refractivity contribution is 5.85. The van der Waals surface area contributed by atoms with Crippen molar-refractivity contribution in [1.82, 2.24) is 10.2 Å². The molecule has 15 heavy (non-hydrogen) atoms. The van der Waals surface area contributed by atoms with Gasteiger partial charge in [0.25, 0.3) is 0 Å². The van der Waals surface area contributed by atoms with Gasteiger partial charge in [-0.25, -0.2) is 0 Å². The summed E-state index contributed by atoms with van der Waals surface area (Å²) in [5.41, 5.74) is 5.37. The van der Waals surface area contributed by atoms with Crippen LogP contribution in [0, 0.1) is 5.92 Å². The van der Waals surface area contributed by atoms with Gasteiger partial charge >= 0.3 is 0 Å². The lowest BCUT2D eigenvalue weighted by molar-refractivity contribution is -0.137. The van der Waals surface area contributed by atoms with Gasteiger partial charge < -0.3 is 16.0 Å². The molecule has 0 aliphatic carbocycles. The summed E-state index contributed by atoms with van der Waals surface area (Å²) in [6, 6.07) is 0.0907. The van der Waals surface area contributed by atoms with Gasteiger partial charge in [0, 0.05) is 25.6 Å². The first-order chi connectivity index (χ1) is 6.88. The van der Waals surface area contributed by atoms with Gasteiger partial charge in [-0.2, -0.15) is 0 Å². The van der Waals surface area contributed by atoms with Crippen LogP contribution in [-0.2, 0) is 9.59 Å². The van der Waals surface area contributed by atoms with Crippen molar-refractivity contribution in [2.75, 3.05) is 20.1 Å². The van der Waals surface area contributed by atoms with Crippen molar-refractivity contribution < 1.29 is 9.59 Å². The third-order valence-corrected chi connectivity index (χ3v) is 1.98. The van der Waals surface area contributed by atoms with E-state index in [0.29, 0.717) is 6.54 Å². The topological polar surface area (TPSA) is 75.4 Å². The minimum absolute atomic E-state index is 0.0847. The van der Waals surface area contributed by atoms with Crippen LogP contribution < -0.4 is 11.1 Å². The van der Waals surface area contributed by atoms with E-state index in [9.17, 15) is 9.59 Å². The van der Waals surface area contributed by atoms with Crippen LogP contribution in [0.4, 0.5) is 0 Å². The summed E-state index contributed by atoms with van der Waals surface area (Å²) >= 11 is 0. The number of nitrogens with one attached hydrogen (secondary N) is 1. The van der Waals surface area contributed by atoms with E-state index >= 15 is 0 Å². The smallest absolute Gasteiger partial charge is 0.239 e. The maximum atomic E-state index is 11.6. The number of nitrogens with two attached hydrogens (primary N) is 1. The van der Waals surface area contributed by atoms with Crippen molar-refractivity contribution >= 4 is 11.8 Å². The van der Waals surface area contributed by atoms with E-state index in [1.807, 2.05) is 13.8 Å². The molecule has 0 aromatic rings. The van der Waals surface area contributed by atoms with Crippen LogP contribution in [0.25, 0.3) is 0 Å². The molecular weight excluding hydrogens is 194 g/mol. The maximum absolute atomic E-state index is 11.6. The van der Waals surface area contributed by atoms with E-state index in [1.165, 1.54) is 4.90 Å². The molecular formula is C10H21N3O2. The SMILES string of the molecule is CC(C)NC(=O)CN(C)C(=O)C(C)CN. The summed E-state index contributed by atoms with van der Waals surface area (Å²) in [5.74, 6) is -0.483. The number of carbonyl (C=O) groups is 2. The van der Waals surface area contributed by atoms with Gasteiger partial charge in [-0.1, -0.05) is 6.92 Å². The fourth-order valence-electron chi connectivity index (χ4n) is 1.14. The standard InChI is InChI=1S/C10H21N3O2/c1-7(2)12-9(14)6-13(4)10(15)8(3)5-11/h7-8H,5-6,11H2,1-4H3,(H,12,14). The lowest BCUT2D eigenvalue weighted by Crippen LogP contribution is -2.43. The molecule has 1 atom stereocenters. The fourth-order valence-corrected chi connectivity index (χ4v) is 1.14. The fraction of sp³-hybridized carbons (Fsp3) is 0.800. The van der Waals surface area contributed by atoms with Gasteiger partial charge in [0.2, 0.25) is 11.8 Å². The Hall–Kier alpha value is -1.10. The van der Waals surface area contributed by atoms with Gasteiger partial charge in [0.1, 0.15) is 0 Å². The molecule has 0 saturated carbocycles. The summed E-state index contributed by atoms with van der Waals surface area (Å²) in [6.45, 7) is 5.89. The largest absolute Gasteiger partial charge is 0.352 e. The molecule has 2 amide bonds. The zero-order chi connectivity index (χ0) is 12.0. The quantitative estimate of drug-likeness (QED) is 0.653. The second-order valence-electron chi connectivity index (χ2n) is 4.05. The van der Waals surface area contributed by atoms with Gasteiger partial charge in [0.05, 0.1) is 6.54 Å². The molecule has 88 valence electrons. The normalized spacial score (nSPS) is 12.4. The Labute approximate surface area is 91.0 Å². The molecule has 0 bridgehead atoms. The zero-order valence-electron chi connectivity index (χ0n) is 9.91. The highest BCUT2D eigenvalue weighted by Gasteiger charge is 2.18. The third-order valence-electron chi connectivity index (χ3n) is 1.98. The van der Waals surface area contributed by atoms with E-state index in [1.54, 1.807) is 14.0 Å². The molecule has 0 radical (unpaired) electrons. The summed E-state index contributed by atoms with van der Waals surface area (Å²) in [4.78, 5) is 24.3. The molecule has 0 heterocycles. The first-order valence-corrected chi connectivity index (χ1v) is 5.12. The lowest BCUT2D eigenvalue weighted by Gasteiger charge is -2.20. The third kappa shape index (κ3) is 5.37. The van der Waals surface area contributed by atoms with Crippen LogP contribution >= 0.6 is 0 Å². The van der Waals surface area contributed by atoms with E-state index in [2.05, 4.69) is 5.32 Å². The number of nitrogens with zero attached hydrogens (tertiary/aromatic N) is 1. The van der Waals surface area contributed by atoms with Crippen LogP contribution in [0.1, 0.15) is 20.8 Å². The first-order valence-electron chi connectivity index (χ1n) is 5.12. The predicted octanol–water partition coefficient (Wildman–Crippen LogP) is -0.436. The highest BCUT2D eigenvalue weighted by Crippen LogP contribution is 1.98. The maximum Gasteiger partial charge on any atom is 0.239 e. The van der Waals surface area contributed by atoms with Crippen LogP contribution in [-0.4, -0.2) is 42.9 Å². The van der Waals surface area contributed by atoms with E-state index in [-0.39, 0.29) is 30.3 Å². The lowest BCUT2D eigenvalue weighted by atomic mass is 10.1. The summed E-state index contributed by atoms with van der Waals surface area (Å²) in [7, 11) is 1.61. The minimum Gasteiger partial charge on any atom is -0.352 e. The Morgan fingerprint density at radius 1 is 1.33 bits per heavy atom. The molecule has 0 spiro atoms. The molecule has 0 aromatic heterocycles. The van der Waals surface area contributed by atoms with Gasteiger partial charge in [-0.15, -0.1) is 0 Å². The number of hydrogen-bond donors (Lipinski definition) is 2. The molecule has 5 nitrogen and oxygen atoms in total. The van der Waals surface area contributed by atoms with Crippen LogP contribution in [0.15, 0.2) is 0 Å². The average molecular weight is 215 g/mol. The van der Waals surface area contributed by atoms with Gasteiger partial charge in [-0.05, 0) is 13.8 Å². The van der Waals surface area contributed by atoms with Gasteiger partial charge in [0.15, 0.2) is 0 Å². The second kappa shape index (κ2) is 6.40. The van der Waals surface area contributed by atoms with E-state index < -0.39 is 0 Å². The Morgan fingerprint density at radius 3 is 2.27 bits per heavy atom. The van der Waals surface area contributed by atoms with Crippen molar-refractivity contribution in [1.29, 1.82) is 0 Å². The Morgan fingerprint density at radius 2 is 1.87 bits per heavy atom. The molecule has 0 aromatic carbocycles. The molecule has 3 N–H and O–H groups in total. The average Bonchev–Trinajstić information content (AvgIpc) is 2.13. The number of rotatable bonds is 5. The van der Waals surface area contributed by atoms with E-state index in [0.717, 1.165) is 0 Å². The Bertz CT molecular complexity index is 229. The number of carbonyl (C=O) groups excluding carboxylic acids is 2. The highest BCUT2D eigenvalue weighted by atomic mass is 16.2. The van der Waals surface area contributed by atoms with Crippen molar-refractivity contribution in [2.45, 2.75) is 26.8 Å². The molecule has 0 saturated heterocycles. The van der Waals surface area contributed by atoms with Crippen molar-refractivity contribution in [3.8, 4) is 0 Å². The van der Waals surface area contributed by atoms with Crippen LogP contribution in [0.3, 0.4) is 0 Å². The number of amides is 2. The van der Waals surface area contributed by atoms with E-state index in [4.69, 9.17) is 5.73 Å². The minimum atomic E-state index is -0.234. The van der Waals surface area contributed by atoms with Crippen LogP contribution in [0.5, 0.6) is 0 Å². The summed E-state index contributed by atoms with van der Waals surface area (Å²) < 4.78 is 0. The van der Waals surface area contributed by atoms with Crippen LogP contribution in [0.2, 0.25) is 0 Å². The molecule has 0 fully saturated rings. The number of likely N-dealkylation sites (N-methyl/N-ethyl adjacent to an activating group) is 1. The Balaban J connectivity index is 4.07. The molecule has 0 rings (SSSR count). The van der Waals surface area contributed by atoms with Crippen molar-refractivity contribution in [3.05, 3.63) is 0 Å². The van der Waals surface area contributed by atoms with Gasteiger partial charge in [-0.3, -0.25) is 9.59 Å². The monoisotopic (exact) mass is 215 g/mol. The summed E-state index contributed by atoms with van der Waals surface area (Å²) in [5, 5.41) is 2.72. The Kier molecular flexibility index (Phi) is 5.93. The second-order valence-corrected chi connectivity index (χ2v) is 4.05. The predicted molar refractivity (Wildman–Crippen MR) is 59.1 cm³/mol. The molecule has 1 unspecified atom stereocenters. The van der Waals surface area contributed by atoms with Crippen molar-refractivity contribution in [2.24, 2.45) is 11.7 Å². The first kappa shape index (κ1) is 13.9. The molecule has 0 aliphatic heterocycles. The zero-order valence-corrected chi connectivity index (χ0v) is 9.91. The summed E-state index contributed by atoms with van der Waals surface area (Å²) in [6.07, 6.45) is 0. The van der Waals surface area contributed by atoms with Crippen molar-refractivity contribution in [3.63, 3.8) is 0 Å². The molecule has 0 aliphatic rings. The number of hydrogen-bond acceptors (Lipinski definition) is 3. The molecule has 5 heteroatoms.